The van der Waals surface area contributed by atoms with Gasteiger partial charge in [0.15, 0.2) is 0 Å². The summed E-state index contributed by atoms with van der Waals surface area (Å²) in [6, 6.07) is 6.05. The summed E-state index contributed by atoms with van der Waals surface area (Å²) in [5, 5.41) is 5.16. The number of nitrogens with one attached hydrogen (secondary N) is 1. The molecule has 0 saturated carbocycles. The van der Waals surface area contributed by atoms with Crippen LogP contribution in [0.25, 0.3) is 0 Å². The fourth-order valence-corrected chi connectivity index (χ4v) is 2.90. The lowest BCUT2D eigenvalue weighted by atomic mass is 10.4. The molecule has 0 unspecified atom stereocenters. The zero-order chi connectivity index (χ0) is 9.10. The van der Waals surface area contributed by atoms with Crippen molar-refractivity contribution in [3.63, 3.8) is 0 Å². The SMILES string of the molecule is Brc1cccc(S[C@@H]2CCNC2)n1.Cl. The molecule has 1 aliphatic rings. The summed E-state index contributed by atoms with van der Waals surface area (Å²) in [5.74, 6) is 0. The molecule has 5 heteroatoms. The van der Waals surface area contributed by atoms with Crippen LogP contribution >= 0.6 is 40.1 Å². The average molecular weight is 296 g/mol. The smallest absolute Gasteiger partial charge is 0.107 e. The first-order chi connectivity index (χ1) is 6.34. The van der Waals surface area contributed by atoms with Gasteiger partial charge in [0.25, 0.3) is 0 Å². The molecule has 2 heterocycles. The van der Waals surface area contributed by atoms with Crippen molar-refractivity contribution in [3.8, 4) is 0 Å². The number of aromatic nitrogens is 1. The summed E-state index contributed by atoms with van der Waals surface area (Å²) >= 11 is 5.23. The number of hydrogen-bond acceptors (Lipinski definition) is 3. The third-order valence-corrected chi connectivity index (χ3v) is 3.64. The van der Waals surface area contributed by atoms with Gasteiger partial charge in [-0.2, -0.15) is 0 Å². The minimum Gasteiger partial charge on any atom is -0.316 e. The van der Waals surface area contributed by atoms with Gasteiger partial charge in [0, 0.05) is 11.8 Å². The Hall–Kier alpha value is 0.230. The molecule has 2 nitrogen and oxygen atoms in total. The van der Waals surface area contributed by atoms with Crippen LogP contribution in [0, 0.1) is 0 Å². The molecule has 1 aromatic rings. The van der Waals surface area contributed by atoms with Crippen LogP contribution in [0.2, 0.25) is 0 Å². The highest BCUT2D eigenvalue weighted by atomic mass is 79.9. The van der Waals surface area contributed by atoms with Crippen LogP contribution in [0.4, 0.5) is 0 Å². The molecule has 1 saturated heterocycles. The van der Waals surface area contributed by atoms with Gasteiger partial charge in [-0.15, -0.1) is 24.2 Å². The first-order valence-electron chi connectivity index (χ1n) is 4.34. The first kappa shape index (κ1) is 12.3. The molecule has 1 aromatic heterocycles. The van der Waals surface area contributed by atoms with Gasteiger partial charge in [-0.25, -0.2) is 4.98 Å². The number of thioether (sulfide) groups is 1. The van der Waals surface area contributed by atoms with E-state index in [9.17, 15) is 0 Å². The van der Waals surface area contributed by atoms with Gasteiger partial charge in [-0.3, -0.25) is 0 Å². The maximum atomic E-state index is 4.39. The Labute approximate surface area is 103 Å². The van der Waals surface area contributed by atoms with Crippen molar-refractivity contribution in [2.45, 2.75) is 16.7 Å². The Morgan fingerprint density at radius 2 is 2.36 bits per heavy atom. The third kappa shape index (κ3) is 3.42. The van der Waals surface area contributed by atoms with Gasteiger partial charge >= 0.3 is 0 Å². The quantitative estimate of drug-likeness (QED) is 0.849. The molecule has 1 fully saturated rings. The highest BCUT2D eigenvalue weighted by Crippen LogP contribution is 2.25. The molecule has 78 valence electrons. The lowest BCUT2D eigenvalue weighted by molar-refractivity contribution is 0.858. The van der Waals surface area contributed by atoms with Crippen molar-refractivity contribution in [2.24, 2.45) is 0 Å². The topological polar surface area (TPSA) is 24.9 Å². The second-order valence-electron chi connectivity index (χ2n) is 3.03. The van der Waals surface area contributed by atoms with Gasteiger partial charge < -0.3 is 5.32 Å². The van der Waals surface area contributed by atoms with E-state index in [0.29, 0.717) is 5.25 Å². The first-order valence-corrected chi connectivity index (χ1v) is 6.02. The molecule has 0 aromatic carbocycles. The molecular weight excluding hydrogens is 284 g/mol. The van der Waals surface area contributed by atoms with E-state index in [2.05, 4.69) is 32.3 Å². The molecule has 0 radical (unpaired) electrons. The highest BCUT2D eigenvalue weighted by molar-refractivity contribution is 9.10. The van der Waals surface area contributed by atoms with Crippen LogP contribution in [0.1, 0.15) is 6.42 Å². The fourth-order valence-electron chi connectivity index (χ4n) is 1.35. The molecular formula is C9H12BrClN2S. The maximum Gasteiger partial charge on any atom is 0.107 e. The zero-order valence-corrected chi connectivity index (χ0v) is 10.8. The average Bonchev–Trinajstić information content (AvgIpc) is 2.57. The van der Waals surface area contributed by atoms with Gasteiger partial charge in [0.2, 0.25) is 0 Å². The highest BCUT2D eigenvalue weighted by Gasteiger charge is 2.15. The van der Waals surface area contributed by atoms with Crippen LogP contribution in [-0.4, -0.2) is 23.3 Å². The minimum absolute atomic E-state index is 0. The molecule has 0 aliphatic carbocycles. The molecule has 1 aliphatic heterocycles. The Balaban J connectivity index is 0.000000980. The van der Waals surface area contributed by atoms with E-state index >= 15 is 0 Å². The van der Waals surface area contributed by atoms with E-state index in [-0.39, 0.29) is 12.4 Å². The van der Waals surface area contributed by atoms with Crippen molar-refractivity contribution >= 4 is 40.1 Å². The van der Waals surface area contributed by atoms with Crippen LogP contribution in [0.3, 0.4) is 0 Å². The molecule has 0 bridgehead atoms. The van der Waals surface area contributed by atoms with Crippen molar-refractivity contribution < 1.29 is 0 Å². The van der Waals surface area contributed by atoms with E-state index in [4.69, 9.17) is 0 Å². The molecule has 1 atom stereocenters. The number of rotatable bonds is 2. The van der Waals surface area contributed by atoms with Crippen LogP contribution in [-0.2, 0) is 0 Å². The van der Waals surface area contributed by atoms with E-state index in [1.54, 1.807) is 0 Å². The van der Waals surface area contributed by atoms with Gasteiger partial charge in [-0.1, -0.05) is 6.07 Å². The van der Waals surface area contributed by atoms with Gasteiger partial charge in [0.05, 0.1) is 5.03 Å². The summed E-state index contributed by atoms with van der Waals surface area (Å²) in [7, 11) is 0. The number of nitrogens with zero attached hydrogens (tertiary/aromatic N) is 1. The second-order valence-corrected chi connectivity index (χ2v) is 5.16. The molecule has 2 rings (SSSR count). The molecule has 14 heavy (non-hydrogen) atoms. The molecule has 1 N–H and O–H groups in total. The Morgan fingerprint density at radius 1 is 1.50 bits per heavy atom. The normalized spacial score (nSPS) is 20.5. The van der Waals surface area contributed by atoms with Gasteiger partial charge in [0.1, 0.15) is 4.60 Å². The fraction of sp³-hybridized carbons (Fsp3) is 0.444. The lowest BCUT2D eigenvalue weighted by Gasteiger charge is -2.06. The van der Waals surface area contributed by atoms with Crippen molar-refractivity contribution in [1.29, 1.82) is 0 Å². The van der Waals surface area contributed by atoms with E-state index in [1.807, 2.05) is 23.9 Å². The Morgan fingerprint density at radius 3 is 3.00 bits per heavy atom. The standard InChI is InChI=1S/C9H11BrN2S.ClH/c10-8-2-1-3-9(12-8)13-7-4-5-11-6-7;/h1-3,7,11H,4-6H2;1H/t7-;/m1./s1. The van der Waals surface area contributed by atoms with Crippen LogP contribution in [0.5, 0.6) is 0 Å². The number of pyridine rings is 1. The maximum absolute atomic E-state index is 4.39. The largest absolute Gasteiger partial charge is 0.316 e. The number of hydrogen-bond donors (Lipinski definition) is 1. The molecule has 0 spiro atoms. The van der Waals surface area contributed by atoms with Crippen molar-refractivity contribution in [1.82, 2.24) is 10.3 Å². The predicted octanol–water partition coefficient (Wildman–Crippen LogP) is 2.72. The predicted molar refractivity (Wildman–Crippen MR) is 66.3 cm³/mol. The van der Waals surface area contributed by atoms with Crippen LogP contribution in [0.15, 0.2) is 27.8 Å². The van der Waals surface area contributed by atoms with E-state index in [1.165, 1.54) is 6.42 Å². The number of halogens is 2. The van der Waals surface area contributed by atoms with E-state index in [0.717, 1.165) is 22.7 Å². The Bertz CT molecular complexity index is 292. The zero-order valence-electron chi connectivity index (χ0n) is 7.57. The van der Waals surface area contributed by atoms with Crippen molar-refractivity contribution in [2.75, 3.05) is 13.1 Å². The third-order valence-electron chi connectivity index (χ3n) is 1.99. The minimum atomic E-state index is 0. The van der Waals surface area contributed by atoms with Gasteiger partial charge in [-0.05, 0) is 41.0 Å². The molecule has 0 amide bonds. The second kappa shape index (κ2) is 5.95. The Kier molecular flexibility index (Phi) is 5.23. The summed E-state index contributed by atoms with van der Waals surface area (Å²) in [6.07, 6.45) is 1.25. The lowest BCUT2D eigenvalue weighted by Crippen LogP contribution is -2.10. The summed E-state index contributed by atoms with van der Waals surface area (Å²) in [5.41, 5.74) is 0. The van der Waals surface area contributed by atoms with Crippen LogP contribution < -0.4 is 5.32 Å². The monoisotopic (exact) mass is 294 g/mol. The van der Waals surface area contributed by atoms with E-state index < -0.39 is 0 Å². The summed E-state index contributed by atoms with van der Waals surface area (Å²) < 4.78 is 0.920. The van der Waals surface area contributed by atoms with Crippen molar-refractivity contribution in [3.05, 3.63) is 22.8 Å². The summed E-state index contributed by atoms with van der Waals surface area (Å²) in [6.45, 7) is 2.25. The summed E-state index contributed by atoms with van der Waals surface area (Å²) in [4.78, 5) is 4.39.